The monoisotopic (exact) mass is 305 g/mol. The van der Waals surface area contributed by atoms with Gasteiger partial charge >= 0.3 is 0 Å². The number of thioether (sulfide) groups is 1. The van der Waals surface area contributed by atoms with Gasteiger partial charge in [0, 0.05) is 12.1 Å². The number of amides is 1. The first-order chi connectivity index (χ1) is 10.1. The van der Waals surface area contributed by atoms with Crippen LogP contribution in [0.15, 0.2) is 35.5 Å². The molecule has 1 unspecified atom stereocenters. The predicted molar refractivity (Wildman–Crippen MR) is 84.6 cm³/mol. The molecule has 1 aromatic heterocycles. The Kier molecular flexibility index (Phi) is 5.21. The van der Waals surface area contributed by atoms with Crippen molar-refractivity contribution in [3.05, 3.63) is 36.2 Å². The fourth-order valence-electron chi connectivity index (χ4n) is 1.76. The Hall–Kier alpha value is -2.02. The molecule has 21 heavy (non-hydrogen) atoms. The molecule has 0 aliphatic heterocycles. The summed E-state index contributed by atoms with van der Waals surface area (Å²) in [7, 11) is 0. The van der Waals surface area contributed by atoms with E-state index in [0.717, 1.165) is 24.4 Å². The molecule has 0 spiro atoms. The largest absolute Gasteiger partial charge is 0.336 e. The Morgan fingerprint density at radius 2 is 2.10 bits per heavy atom. The van der Waals surface area contributed by atoms with Crippen molar-refractivity contribution in [1.29, 1.82) is 0 Å². The highest BCUT2D eigenvalue weighted by atomic mass is 32.2. The third-order valence-corrected chi connectivity index (χ3v) is 3.96. The lowest BCUT2D eigenvalue weighted by molar-refractivity contribution is -0.115. The van der Waals surface area contributed by atoms with E-state index in [2.05, 4.69) is 22.4 Å². The van der Waals surface area contributed by atoms with E-state index in [1.54, 1.807) is 0 Å². The molecular formula is C14H19N5OS. The van der Waals surface area contributed by atoms with Gasteiger partial charge in [0.2, 0.25) is 11.1 Å². The van der Waals surface area contributed by atoms with Crippen LogP contribution in [0.2, 0.25) is 0 Å². The number of nitrogens with one attached hydrogen (secondary N) is 1. The summed E-state index contributed by atoms with van der Waals surface area (Å²) in [6.45, 7) is 3.87. The molecule has 0 radical (unpaired) electrons. The number of para-hydroxylation sites is 1. The van der Waals surface area contributed by atoms with Gasteiger partial charge in [0.15, 0.2) is 5.82 Å². The number of hydrogen-bond donors (Lipinski definition) is 2. The zero-order valence-corrected chi connectivity index (χ0v) is 12.9. The summed E-state index contributed by atoms with van der Waals surface area (Å²) in [4.78, 5) is 12.1. The van der Waals surface area contributed by atoms with E-state index in [1.165, 1.54) is 16.4 Å². The first-order valence-corrected chi connectivity index (χ1v) is 7.71. The Balaban J connectivity index is 1.97. The van der Waals surface area contributed by atoms with Crippen molar-refractivity contribution in [3.63, 3.8) is 0 Å². The van der Waals surface area contributed by atoms with Gasteiger partial charge in [0.25, 0.3) is 0 Å². The Morgan fingerprint density at radius 1 is 1.38 bits per heavy atom. The van der Waals surface area contributed by atoms with Crippen molar-refractivity contribution >= 4 is 23.4 Å². The van der Waals surface area contributed by atoms with Crippen LogP contribution in [0.5, 0.6) is 0 Å². The predicted octanol–water partition coefficient (Wildman–Crippen LogP) is 2.06. The maximum absolute atomic E-state index is 12.1. The number of benzene rings is 1. The fraction of sp³-hybridized carbons (Fsp3) is 0.357. The zero-order chi connectivity index (χ0) is 15.2. The third-order valence-electron chi connectivity index (χ3n) is 2.90. The number of rotatable bonds is 6. The van der Waals surface area contributed by atoms with E-state index in [0.29, 0.717) is 5.16 Å². The second-order valence-corrected chi connectivity index (χ2v) is 5.94. The van der Waals surface area contributed by atoms with E-state index in [1.807, 2.05) is 37.3 Å². The summed E-state index contributed by atoms with van der Waals surface area (Å²) in [6.07, 6.45) is 1.72. The molecule has 1 amide bonds. The molecular weight excluding hydrogens is 286 g/mol. The van der Waals surface area contributed by atoms with Crippen LogP contribution in [0.1, 0.15) is 26.1 Å². The number of carbonyl (C=O) groups excluding carboxylic acids is 1. The van der Waals surface area contributed by atoms with Crippen molar-refractivity contribution in [2.45, 2.75) is 37.1 Å². The van der Waals surface area contributed by atoms with E-state index >= 15 is 0 Å². The lowest BCUT2D eigenvalue weighted by Crippen LogP contribution is -2.23. The number of carbonyl (C=O) groups is 1. The van der Waals surface area contributed by atoms with Gasteiger partial charge in [-0.2, -0.15) is 0 Å². The molecule has 0 fully saturated rings. The van der Waals surface area contributed by atoms with Crippen molar-refractivity contribution in [1.82, 2.24) is 14.9 Å². The minimum Gasteiger partial charge on any atom is -0.336 e. The summed E-state index contributed by atoms with van der Waals surface area (Å²) in [5.41, 5.74) is 0.774. The van der Waals surface area contributed by atoms with Gasteiger partial charge in [-0.3, -0.25) is 4.79 Å². The van der Waals surface area contributed by atoms with Crippen LogP contribution in [0.3, 0.4) is 0 Å². The SMILES string of the molecule is CCCc1nnc(SC(C)C(=O)Nc2ccccc2)n1N. The number of hydrogen-bond acceptors (Lipinski definition) is 5. The van der Waals surface area contributed by atoms with Crippen LogP contribution in [-0.2, 0) is 11.2 Å². The highest BCUT2D eigenvalue weighted by Gasteiger charge is 2.19. The van der Waals surface area contributed by atoms with Crippen LogP contribution in [0.4, 0.5) is 5.69 Å². The quantitative estimate of drug-likeness (QED) is 0.630. The molecule has 3 N–H and O–H groups in total. The minimum absolute atomic E-state index is 0.0914. The summed E-state index contributed by atoms with van der Waals surface area (Å²) in [6, 6.07) is 9.35. The molecule has 2 aromatic rings. The maximum atomic E-state index is 12.1. The van der Waals surface area contributed by atoms with Gasteiger partial charge in [-0.05, 0) is 25.5 Å². The number of aryl methyl sites for hydroxylation is 1. The molecule has 112 valence electrons. The lowest BCUT2D eigenvalue weighted by atomic mass is 10.3. The first-order valence-electron chi connectivity index (χ1n) is 6.83. The molecule has 2 rings (SSSR count). The molecule has 1 heterocycles. The third kappa shape index (κ3) is 3.98. The van der Waals surface area contributed by atoms with Gasteiger partial charge in [-0.15, -0.1) is 10.2 Å². The van der Waals surface area contributed by atoms with E-state index in [-0.39, 0.29) is 11.2 Å². The lowest BCUT2D eigenvalue weighted by Gasteiger charge is -2.11. The van der Waals surface area contributed by atoms with Gasteiger partial charge in [0.05, 0.1) is 5.25 Å². The van der Waals surface area contributed by atoms with Crippen molar-refractivity contribution < 1.29 is 4.79 Å². The van der Waals surface area contributed by atoms with Crippen molar-refractivity contribution in [2.75, 3.05) is 11.2 Å². The summed E-state index contributed by atoms with van der Waals surface area (Å²) < 4.78 is 1.46. The molecule has 1 aromatic carbocycles. The van der Waals surface area contributed by atoms with Gasteiger partial charge in [0.1, 0.15) is 0 Å². The van der Waals surface area contributed by atoms with E-state index in [9.17, 15) is 4.79 Å². The van der Waals surface area contributed by atoms with Crippen molar-refractivity contribution in [2.24, 2.45) is 0 Å². The Bertz CT molecular complexity index is 599. The first kappa shape index (κ1) is 15.4. The molecule has 0 aliphatic rings. The molecule has 0 saturated heterocycles. The Labute approximate surface area is 128 Å². The average Bonchev–Trinajstić information content (AvgIpc) is 2.82. The molecule has 0 saturated carbocycles. The maximum Gasteiger partial charge on any atom is 0.237 e. The number of nitrogens with zero attached hydrogens (tertiary/aromatic N) is 3. The molecule has 1 atom stereocenters. The summed E-state index contributed by atoms with van der Waals surface area (Å²) >= 11 is 1.30. The number of aromatic nitrogens is 3. The molecule has 7 heteroatoms. The number of nitrogen functional groups attached to an aromatic ring is 1. The van der Waals surface area contributed by atoms with Gasteiger partial charge in [-0.25, -0.2) is 4.68 Å². The van der Waals surface area contributed by atoms with E-state index in [4.69, 9.17) is 5.84 Å². The zero-order valence-electron chi connectivity index (χ0n) is 12.1. The van der Waals surface area contributed by atoms with Crippen LogP contribution < -0.4 is 11.2 Å². The highest BCUT2D eigenvalue weighted by molar-refractivity contribution is 8.00. The second kappa shape index (κ2) is 7.12. The van der Waals surface area contributed by atoms with Crippen LogP contribution in [0.25, 0.3) is 0 Å². The summed E-state index contributed by atoms with van der Waals surface area (Å²) in [5, 5.41) is 11.2. The highest BCUT2D eigenvalue weighted by Crippen LogP contribution is 2.22. The standard InChI is InChI=1S/C14H19N5OS/c1-3-7-12-17-18-14(19(12)15)21-10(2)13(20)16-11-8-5-4-6-9-11/h4-6,8-10H,3,7,15H2,1-2H3,(H,16,20). The fourth-order valence-corrected chi connectivity index (χ4v) is 2.55. The average molecular weight is 305 g/mol. The molecule has 6 nitrogen and oxygen atoms in total. The normalized spacial score (nSPS) is 12.1. The van der Waals surface area contributed by atoms with Gasteiger partial charge in [-0.1, -0.05) is 36.9 Å². The van der Waals surface area contributed by atoms with E-state index < -0.39 is 0 Å². The van der Waals surface area contributed by atoms with Gasteiger partial charge < -0.3 is 11.2 Å². The topological polar surface area (TPSA) is 85.8 Å². The smallest absolute Gasteiger partial charge is 0.237 e. The second-order valence-electron chi connectivity index (χ2n) is 4.63. The van der Waals surface area contributed by atoms with Crippen LogP contribution in [0, 0.1) is 0 Å². The number of anilines is 1. The number of nitrogens with two attached hydrogens (primary N) is 1. The molecule has 0 bridgehead atoms. The summed E-state index contributed by atoms with van der Waals surface area (Å²) in [5.74, 6) is 6.57. The minimum atomic E-state index is -0.314. The van der Waals surface area contributed by atoms with Crippen LogP contribution in [-0.4, -0.2) is 26.0 Å². The van der Waals surface area contributed by atoms with Crippen LogP contribution >= 0.6 is 11.8 Å². The molecule has 0 aliphatic carbocycles. The Morgan fingerprint density at radius 3 is 2.76 bits per heavy atom. The van der Waals surface area contributed by atoms with Crippen molar-refractivity contribution in [3.8, 4) is 0 Å².